The van der Waals surface area contributed by atoms with Gasteiger partial charge in [0.1, 0.15) is 0 Å². The molecule has 1 radical (unpaired) electrons. The summed E-state index contributed by atoms with van der Waals surface area (Å²) in [5.41, 5.74) is 12.1. The molecule has 0 heterocycles. The van der Waals surface area contributed by atoms with Crippen LogP contribution in [0.2, 0.25) is 0 Å². The number of hydrogen-bond acceptors (Lipinski definition) is 0. The van der Waals surface area contributed by atoms with Crippen LogP contribution in [0.25, 0.3) is 28.3 Å². The second-order valence-electron chi connectivity index (χ2n) is 11.8. The monoisotopic (exact) mass is 603 g/mol. The van der Waals surface area contributed by atoms with Crippen molar-refractivity contribution in [2.75, 3.05) is 0 Å². The van der Waals surface area contributed by atoms with Crippen LogP contribution in [-0.2, 0) is 37.0 Å². The molecule has 3 aromatic rings. The summed E-state index contributed by atoms with van der Waals surface area (Å²) in [4.78, 5) is 0. The van der Waals surface area contributed by atoms with Crippen molar-refractivity contribution in [3.63, 3.8) is 0 Å². The Morgan fingerprint density at radius 3 is 2.05 bits per heavy atom. The zero-order valence-corrected chi connectivity index (χ0v) is 26.9. The molecule has 0 fully saturated rings. The quantitative estimate of drug-likeness (QED) is 0.305. The van der Waals surface area contributed by atoms with Gasteiger partial charge in [0.2, 0.25) is 0 Å². The molecule has 0 spiro atoms. The van der Waals surface area contributed by atoms with Gasteiger partial charge in [-0.2, -0.15) is 0 Å². The molecule has 0 saturated carbocycles. The molecule has 0 aromatic heterocycles. The summed E-state index contributed by atoms with van der Waals surface area (Å²) in [6.45, 7) is 16.2. The van der Waals surface area contributed by atoms with Gasteiger partial charge in [-0.15, -0.1) is 34.1 Å². The maximum Gasteiger partial charge on any atom is 3.00 e. The fourth-order valence-electron chi connectivity index (χ4n) is 5.38. The summed E-state index contributed by atoms with van der Waals surface area (Å²) in [6.07, 6.45) is 11.6. The van der Waals surface area contributed by atoms with E-state index in [2.05, 4.69) is 127 Å². The molecular weight excluding hydrogens is 571 g/mol. The Hall–Kier alpha value is -1.66. The van der Waals surface area contributed by atoms with E-state index in [1.807, 2.05) is 0 Å². The first kappa shape index (κ1) is 31.6. The van der Waals surface area contributed by atoms with Crippen molar-refractivity contribution < 1.29 is 51.0 Å². The van der Waals surface area contributed by atoms with Crippen LogP contribution < -0.4 is 35.3 Å². The summed E-state index contributed by atoms with van der Waals surface area (Å²) in [6, 6.07) is 20.2. The minimum Gasteiger partial charge on any atom is -1.00 e. The number of fused-ring (bicyclic) bond motifs is 3. The minimum atomic E-state index is -0.00775. The summed E-state index contributed by atoms with van der Waals surface area (Å²) in [5.74, 6) is 0. The zero-order valence-electron chi connectivity index (χ0n) is 22.9. The van der Waals surface area contributed by atoms with Crippen LogP contribution in [0.15, 0.2) is 72.8 Å². The van der Waals surface area contributed by atoms with Crippen molar-refractivity contribution in [2.24, 2.45) is 0 Å². The number of rotatable bonds is 2. The molecule has 0 nitrogen and oxygen atoms in total. The van der Waals surface area contributed by atoms with Gasteiger partial charge in [-0.25, -0.2) is 0 Å². The van der Waals surface area contributed by atoms with Gasteiger partial charge in [0.05, 0.1) is 0 Å². The average Bonchev–Trinajstić information content (AvgIpc) is 3.44. The minimum absolute atomic E-state index is 0. The van der Waals surface area contributed by atoms with Gasteiger partial charge in [0, 0.05) is 0 Å². The summed E-state index contributed by atoms with van der Waals surface area (Å²) in [5, 5.41) is 2.63. The number of hydrogen-bond donors (Lipinski definition) is 0. The standard InChI is InChI=1S/C34H35.2ClH.Zr/c1-22(23-13-9-8-10-14-23)28-21-29-27-18-17-26(33(2,3)4)19-25(27)20-30(29)31(24-15-11-12-16-24)32(28)34(5,6)7;;;/h8-15,17-19,21H,16H2,1-7H3;2*1H;/q-1;;;+3/p-2. The number of benzene rings is 3. The maximum atomic E-state index is 3.88. The molecule has 0 saturated heterocycles. The van der Waals surface area contributed by atoms with Crippen LogP contribution in [-0.4, -0.2) is 0 Å². The van der Waals surface area contributed by atoms with Gasteiger partial charge in [0.25, 0.3) is 0 Å². The molecule has 2 aliphatic carbocycles. The molecule has 0 amide bonds. The predicted octanol–water partition coefficient (Wildman–Crippen LogP) is 1.54. The topological polar surface area (TPSA) is 0 Å². The number of halogens is 2. The smallest absolute Gasteiger partial charge is 1.00 e. The molecule has 3 aromatic carbocycles. The normalized spacial score (nSPS) is 14.3. The molecule has 3 heteroatoms. The summed E-state index contributed by atoms with van der Waals surface area (Å²) in [7, 11) is 0. The molecular formula is C34H35Cl2Zr. The first-order chi connectivity index (χ1) is 16.1. The van der Waals surface area contributed by atoms with E-state index < -0.39 is 0 Å². The first-order valence-electron chi connectivity index (χ1n) is 12.4. The Kier molecular flexibility index (Phi) is 9.90. The molecule has 189 valence electrons. The van der Waals surface area contributed by atoms with E-state index >= 15 is 0 Å². The van der Waals surface area contributed by atoms with E-state index in [9.17, 15) is 0 Å². The van der Waals surface area contributed by atoms with Crippen LogP contribution in [0.4, 0.5) is 0 Å². The van der Waals surface area contributed by atoms with Crippen molar-refractivity contribution in [2.45, 2.75) is 65.7 Å². The average molecular weight is 606 g/mol. The Bertz CT molecular complexity index is 1480. The first-order valence-corrected chi connectivity index (χ1v) is 12.4. The molecule has 0 bridgehead atoms. The van der Waals surface area contributed by atoms with Crippen molar-refractivity contribution in [1.29, 1.82) is 0 Å². The van der Waals surface area contributed by atoms with Crippen molar-refractivity contribution in [3.05, 3.63) is 111 Å². The molecule has 0 unspecified atom stereocenters. The maximum absolute atomic E-state index is 3.88. The van der Waals surface area contributed by atoms with Crippen molar-refractivity contribution in [1.82, 2.24) is 0 Å². The second kappa shape index (κ2) is 11.6. The van der Waals surface area contributed by atoms with Crippen LogP contribution in [0.5, 0.6) is 0 Å². The van der Waals surface area contributed by atoms with Crippen LogP contribution in [0.3, 0.4) is 0 Å². The van der Waals surface area contributed by atoms with E-state index in [1.165, 1.54) is 60.5 Å². The Morgan fingerprint density at radius 2 is 1.49 bits per heavy atom. The third-order valence-corrected chi connectivity index (χ3v) is 7.22. The van der Waals surface area contributed by atoms with Gasteiger partial charge < -0.3 is 24.8 Å². The third-order valence-electron chi connectivity index (χ3n) is 7.22. The molecule has 0 atom stereocenters. The molecule has 0 N–H and O–H groups in total. The zero-order chi connectivity index (χ0) is 24.3. The fourth-order valence-corrected chi connectivity index (χ4v) is 5.38. The van der Waals surface area contributed by atoms with E-state index in [-0.39, 0.29) is 61.8 Å². The van der Waals surface area contributed by atoms with Gasteiger partial charge in [-0.3, -0.25) is 0 Å². The van der Waals surface area contributed by atoms with E-state index in [0.717, 1.165) is 6.42 Å². The van der Waals surface area contributed by atoms with Crippen molar-refractivity contribution in [3.8, 4) is 11.1 Å². The predicted molar refractivity (Wildman–Crippen MR) is 147 cm³/mol. The third kappa shape index (κ3) is 5.85. The Labute approximate surface area is 254 Å². The molecule has 0 aliphatic heterocycles. The van der Waals surface area contributed by atoms with Gasteiger partial charge in [-0.05, 0) is 40.5 Å². The Morgan fingerprint density at radius 1 is 0.811 bits per heavy atom. The largest absolute Gasteiger partial charge is 3.00 e. The van der Waals surface area contributed by atoms with E-state index in [0.29, 0.717) is 0 Å². The number of allylic oxidation sites excluding steroid dienone is 4. The van der Waals surface area contributed by atoms with E-state index in [1.54, 1.807) is 0 Å². The van der Waals surface area contributed by atoms with Gasteiger partial charge >= 0.3 is 26.2 Å². The SMILES string of the molecule is CC(c1ccccc1)=c1cc2c(c(C3=CC=CC3)c1C(C)(C)C)=[C-]c1cc(C(C)(C)C)ccc1-2.[Cl-].[Cl-].[Zr+3]. The van der Waals surface area contributed by atoms with Gasteiger partial charge in [-0.1, -0.05) is 131 Å². The molecule has 5 rings (SSSR count). The van der Waals surface area contributed by atoms with Crippen LogP contribution >= 0.6 is 0 Å². The van der Waals surface area contributed by atoms with Gasteiger partial charge in [0.15, 0.2) is 0 Å². The van der Waals surface area contributed by atoms with Crippen LogP contribution in [0, 0.1) is 0 Å². The fraction of sp³-hybridized carbons (Fsp3) is 0.294. The van der Waals surface area contributed by atoms with E-state index in [4.69, 9.17) is 0 Å². The molecule has 37 heavy (non-hydrogen) atoms. The Balaban J connectivity index is 0.00000160. The van der Waals surface area contributed by atoms with Crippen molar-refractivity contribution >= 4 is 17.2 Å². The summed E-state index contributed by atoms with van der Waals surface area (Å²) >= 11 is 0. The molecule has 2 aliphatic rings. The second-order valence-corrected chi connectivity index (χ2v) is 11.8. The van der Waals surface area contributed by atoms with Crippen LogP contribution in [0.1, 0.15) is 82.7 Å². The summed E-state index contributed by atoms with van der Waals surface area (Å²) < 4.78 is 0.